The number of para-hydroxylation sites is 1. The lowest BCUT2D eigenvalue weighted by Crippen LogP contribution is -1.92. The third kappa shape index (κ3) is 3.01. The Morgan fingerprint density at radius 2 is 1.79 bits per heavy atom. The summed E-state index contributed by atoms with van der Waals surface area (Å²) in [4.78, 5) is 0. The number of anilines is 2. The number of aromatic hydroxyl groups is 1. The second-order valence-corrected chi connectivity index (χ2v) is 4.12. The van der Waals surface area contributed by atoms with E-state index in [2.05, 4.69) is 0 Å². The average Bonchev–Trinajstić information content (AvgIpc) is 2.84. The number of phenols is 1. The Balaban J connectivity index is 0.000000141. The monoisotopic (exact) mass is 260 g/mol. The van der Waals surface area contributed by atoms with Crippen molar-refractivity contribution in [2.24, 2.45) is 0 Å². The van der Waals surface area contributed by atoms with Gasteiger partial charge in [-0.1, -0.05) is 12.1 Å². The van der Waals surface area contributed by atoms with Gasteiger partial charge in [-0.2, -0.15) is 0 Å². The van der Waals surface area contributed by atoms with Crippen LogP contribution in [0.2, 0.25) is 0 Å². The molecule has 2 aromatic rings. The Hall–Kier alpha value is -2.56. The molecule has 0 unspecified atom stereocenters. The van der Waals surface area contributed by atoms with Gasteiger partial charge in [0.2, 0.25) is 6.79 Å². The third-order valence-electron chi connectivity index (χ3n) is 2.70. The molecule has 1 heterocycles. The normalized spacial score (nSPS) is 11.6. The zero-order valence-electron chi connectivity index (χ0n) is 10.6. The molecular weight excluding hydrogens is 244 g/mol. The summed E-state index contributed by atoms with van der Waals surface area (Å²) in [5.74, 6) is 1.67. The third-order valence-corrected chi connectivity index (χ3v) is 2.70. The Kier molecular flexibility index (Phi) is 3.66. The molecule has 5 heteroatoms. The van der Waals surface area contributed by atoms with Crippen molar-refractivity contribution < 1.29 is 14.6 Å². The van der Waals surface area contributed by atoms with Gasteiger partial charge in [-0.25, -0.2) is 0 Å². The molecule has 1 aliphatic heterocycles. The van der Waals surface area contributed by atoms with Crippen LogP contribution in [0.25, 0.3) is 0 Å². The fourth-order valence-corrected chi connectivity index (χ4v) is 1.58. The lowest BCUT2D eigenvalue weighted by Gasteiger charge is -1.99. The molecule has 3 rings (SSSR count). The number of nitrogen functional groups attached to an aromatic ring is 2. The van der Waals surface area contributed by atoms with Crippen molar-refractivity contribution in [3.05, 3.63) is 42.0 Å². The Morgan fingerprint density at radius 3 is 2.47 bits per heavy atom. The molecule has 0 saturated carbocycles. The van der Waals surface area contributed by atoms with E-state index in [1.54, 1.807) is 30.3 Å². The maximum absolute atomic E-state index is 8.98. The molecular formula is C14H16N2O3. The van der Waals surface area contributed by atoms with E-state index in [9.17, 15) is 0 Å². The summed E-state index contributed by atoms with van der Waals surface area (Å²) in [6, 6.07) is 10.5. The number of rotatable bonds is 0. The summed E-state index contributed by atoms with van der Waals surface area (Å²) in [6.45, 7) is 2.16. The summed E-state index contributed by atoms with van der Waals surface area (Å²) >= 11 is 0. The number of benzene rings is 2. The molecule has 5 nitrogen and oxygen atoms in total. The SMILES string of the molecule is Cc1cccc(O)c1N.Nc1ccc2c(c1)OCO2. The van der Waals surface area contributed by atoms with Crippen molar-refractivity contribution in [3.8, 4) is 17.2 Å². The summed E-state index contributed by atoms with van der Waals surface area (Å²) in [7, 11) is 0. The zero-order valence-corrected chi connectivity index (χ0v) is 10.6. The van der Waals surface area contributed by atoms with Crippen molar-refractivity contribution >= 4 is 11.4 Å². The number of phenolic OH excluding ortho intramolecular Hbond substituents is 1. The predicted molar refractivity (Wildman–Crippen MR) is 74.2 cm³/mol. The van der Waals surface area contributed by atoms with Gasteiger partial charge in [0.25, 0.3) is 0 Å². The van der Waals surface area contributed by atoms with Crippen LogP contribution >= 0.6 is 0 Å². The maximum atomic E-state index is 8.98. The lowest BCUT2D eigenvalue weighted by atomic mass is 10.2. The van der Waals surface area contributed by atoms with Crippen LogP contribution in [0.4, 0.5) is 11.4 Å². The van der Waals surface area contributed by atoms with Crippen LogP contribution in [-0.2, 0) is 0 Å². The molecule has 0 spiro atoms. The molecule has 5 N–H and O–H groups in total. The van der Waals surface area contributed by atoms with E-state index in [-0.39, 0.29) is 5.75 Å². The van der Waals surface area contributed by atoms with E-state index in [0.29, 0.717) is 18.2 Å². The summed E-state index contributed by atoms with van der Waals surface area (Å²) in [5.41, 5.74) is 13.0. The van der Waals surface area contributed by atoms with Crippen molar-refractivity contribution in [2.75, 3.05) is 18.3 Å². The van der Waals surface area contributed by atoms with Gasteiger partial charge in [-0.05, 0) is 30.7 Å². The van der Waals surface area contributed by atoms with E-state index in [4.69, 9.17) is 26.0 Å². The largest absolute Gasteiger partial charge is 0.506 e. The summed E-state index contributed by atoms with van der Waals surface area (Å²) in [5, 5.41) is 8.98. The predicted octanol–water partition coefficient (Wildman–Crippen LogP) is 2.28. The molecule has 2 aromatic carbocycles. The molecule has 1 aliphatic rings. The number of aryl methyl sites for hydroxylation is 1. The Bertz CT molecular complexity index is 565. The van der Waals surface area contributed by atoms with Crippen LogP contribution in [0.15, 0.2) is 36.4 Å². The van der Waals surface area contributed by atoms with Gasteiger partial charge in [0, 0.05) is 11.8 Å². The molecule has 0 fully saturated rings. The molecule has 19 heavy (non-hydrogen) atoms. The van der Waals surface area contributed by atoms with E-state index in [1.807, 2.05) is 13.0 Å². The second kappa shape index (κ2) is 5.39. The lowest BCUT2D eigenvalue weighted by molar-refractivity contribution is 0.174. The van der Waals surface area contributed by atoms with Crippen molar-refractivity contribution in [2.45, 2.75) is 6.92 Å². The highest BCUT2D eigenvalue weighted by molar-refractivity contribution is 5.56. The van der Waals surface area contributed by atoms with Crippen molar-refractivity contribution in [3.63, 3.8) is 0 Å². The minimum absolute atomic E-state index is 0.162. The quantitative estimate of drug-likeness (QED) is 0.499. The fraction of sp³-hybridized carbons (Fsp3) is 0.143. The summed E-state index contributed by atoms with van der Waals surface area (Å²) < 4.78 is 10.2. The van der Waals surface area contributed by atoms with Crippen molar-refractivity contribution in [1.29, 1.82) is 0 Å². The van der Waals surface area contributed by atoms with Gasteiger partial charge in [-0.15, -0.1) is 0 Å². The van der Waals surface area contributed by atoms with E-state index in [1.165, 1.54) is 0 Å². The Labute approximate surface area is 111 Å². The van der Waals surface area contributed by atoms with Crippen molar-refractivity contribution in [1.82, 2.24) is 0 Å². The Morgan fingerprint density at radius 1 is 1.05 bits per heavy atom. The molecule has 0 bridgehead atoms. The van der Waals surface area contributed by atoms with Gasteiger partial charge < -0.3 is 26.0 Å². The standard InChI is InChI=1S/C7H7NO2.C7H9NO/c8-5-1-2-6-7(3-5)10-4-9-6;1-5-3-2-4-6(9)7(5)8/h1-3H,4,8H2;2-4,9H,8H2,1H3. The highest BCUT2D eigenvalue weighted by Gasteiger charge is 2.11. The van der Waals surface area contributed by atoms with Gasteiger partial charge in [-0.3, -0.25) is 0 Å². The highest BCUT2D eigenvalue weighted by Crippen LogP contribution is 2.32. The number of nitrogens with two attached hydrogens (primary N) is 2. The van der Waals surface area contributed by atoms with Gasteiger partial charge in [0.1, 0.15) is 5.75 Å². The highest BCUT2D eigenvalue weighted by atomic mass is 16.7. The average molecular weight is 260 g/mol. The van der Waals surface area contributed by atoms with Crippen LogP contribution in [0.1, 0.15) is 5.56 Å². The topological polar surface area (TPSA) is 90.7 Å². The second-order valence-electron chi connectivity index (χ2n) is 4.12. The first-order valence-electron chi connectivity index (χ1n) is 5.77. The molecule has 0 radical (unpaired) electrons. The molecule has 0 amide bonds. The smallest absolute Gasteiger partial charge is 0.231 e. The van der Waals surface area contributed by atoms with Crippen LogP contribution in [0.5, 0.6) is 17.2 Å². The first-order valence-corrected chi connectivity index (χ1v) is 5.77. The first-order chi connectivity index (χ1) is 9.08. The van der Waals surface area contributed by atoms with Crippen LogP contribution < -0.4 is 20.9 Å². The molecule has 0 aromatic heterocycles. The minimum Gasteiger partial charge on any atom is -0.506 e. The zero-order chi connectivity index (χ0) is 13.8. The molecule has 0 aliphatic carbocycles. The number of ether oxygens (including phenoxy) is 2. The first kappa shape index (κ1) is 12.9. The molecule has 0 saturated heterocycles. The van der Waals surface area contributed by atoms with Gasteiger partial charge >= 0.3 is 0 Å². The molecule has 100 valence electrons. The maximum Gasteiger partial charge on any atom is 0.231 e. The molecule has 0 atom stereocenters. The van der Waals surface area contributed by atoms with Crippen LogP contribution in [0.3, 0.4) is 0 Å². The minimum atomic E-state index is 0.162. The fourth-order valence-electron chi connectivity index (χ4n) is 1.58. The van der Waals surface area contributed by atoms with Crippen LogP contribution in [-0.4, -0.2) is 11.9 Å². The van der Waals surface area contributed by atoms with E-state index < -0.39 is 0 Å². The van der Waals surface area contributed by atoms with Crippen LogP contribution in [0, 0.1) is 6.92 Å². The summed E-state index contributed by atoms with van der Waals surface area (Å²) in [6.07, 6.45) is 0. The van der Waals surface area contributed by atoms with Gasteiger partial charge in [0.15, 0.2) is 11.5 Å². The van der Waals surface area contributed by atoms with E-state index in [0.717, 1.165) is 17.1 Å². The van der Waals surface area contributed by atoms with E-state index >= 15 is 0 Å². The number of fused-ring (bicyclic) bond motifs is 1. The number of hydrogen-bond donors (Lipinski definition) is 3. The van der Waals surface area contributed by atoms with Gasteiger partial charge in [0.05, 0.1) is 5.69 Å². The number of hydrogen-bond acceptors (Lipinski definition) is 5.